The maximum Gasteiger partial charge on any atom is 0.119 e. The number of para-hydroxylation sites is 1. The monoisotopic (exact) mass is 294 g/mol. The van der Waals surface area contributed by atoms with Gasteiger partial charge in [0, 0.05) is 0 Å². The molecule has 0 spiro atoms. The van der Waals surface area contributed by atoms with E-state index in [1.807, 2.05) is 30.3 Å². The Morgan fingerprint density at radius 2 is 1.36 bits per heavy atom. The van der Waals surface area contributed by atoms with Crippen molar-refractivity contribution in [3.05, 3.63) is 78.9 Å². The second kappa shape index (κ2) is 7.18. The van der Waals surface area contributed by atoms with E-state index in [0.717, 1.165) is 22.8 Å². The van der Waals surface area contributed by atoms with Crippen LogP contribution in [0.5, 0.6) is 17.2 Å². The summed E-state index contributed by atoms with van der Waals surface area (Å²) in [6.07, 6.45) is 2.50. The van der Waals surface area contributed by atoms with Gasteiger partial charge < -0.3 is 15.3 Å². The third-order valence-electron chi connectivity index (χ3n) is 3.16. The molecule has 0 bridgehead atoms. The van der Waals surface area contributed by atoms with Crippen molar-refractivity contribution in [1.29, 1.82) is 0 Å². The molecule has 0 fully saturated rings. The molecule has 112 valence electrons. The number of hydrogen-bond acceptors (Lipinski definition) is 3. The van der Waals surface area contributed by atoms with Gasteiger partial charge in [-0.3, -0.25) is 0 Å². The molecular formula is C19H18O3. The first-order valence-corrected chi connectivity index (χ1v) is 6.89. The summed E-state index contributed by atoms with van der Waals surface area (Å²) < 4.78 is 0. The Labute approximate surface area is 129 Å². The number of allylic oxidation sites excluding steroid dienone is 1. The fourth-order valence-corrected chi connectivity index (χ4v) is 2.06. The van der Waals surface area contributed by atoms with Crippen molar-refractivity contribution in [3.8, 4) is 17.2 Å². The van der Waals surface area contributed by atoms with Gasteiger partial charge in [0.25, 0.3) is 0 Å². The lowest BCUT2D eigenvalue weighted by Gasteiger charge is -1.98. The van der Waals surface area contributed by atoms with Crippen LogP contribution in [-0.2, 0) is 6.42 Å². The zero-order valence-corrected chi connectivity index (χ0v) is 12.1. The van der Waals surface area contributed by atoms with Crippen LogP contribution in [0.1, 0.15) is 5.56 Å². The average Bonchev–Trinajstić information content (AvgIpc) is 2.50. The summed E-state index contributed by atoms with van der Waals surface area (Å²) in [4.78, 5) is 0. The smallest absolute Gasteiger partial charge is 0.119 e. The van der Waals surface area contributed by atoms with Crippen molar-refractivity contribution in [2.24, 2.45) is 0 Å². The molecule has 0 aliphatic carbocycles. The van der Waals surface area contributed by atoms with E-state index < -0.39 is 0 Å². The first-order chi connectivity index (χ1) is 10.6. The molecule has 0 aromatic heterocycles. The molecule has 3 nitrogen and oxygen atoms in total. The van der Waals surface area contributed by atoms with Gasteiger partial charge >= 0.3 is 0 Å². The lowest BCUT2D eigenvalue weighted by atomic mass is 10.1. The molecule has 0 atom stereocenters. The summed E-state index contributed by atoms with van der Waals surface area (Å²) in [6, 6.07) is 17.4. The maximum atomic E-state index is 9.19. The third kappa shape index (κ3) is 4.03. The zero-order chi connectivity index (χ0) is 15.9. The highest BCUT2D eigenvalue weighted by Crippen LogP contribution is 2.23. The Bertz CT molecular complexity index is 742. The summed E-state index contributed by atoms with van der Waals surface area (Å²) in [6.45, 7) is 3.59. The Kier molecular flexibility index (Phi) is 5.04. The molecule has 0 heterocycles. The van der Waals surface area contributed by atoms with Crippen molar-refractivity contribution in [1.82, 2.24) is 0 Å². The van der Waals surface area contributed by atoms with Crippen molar-refractivity contribution >= 4 is 10.8 Å². The maximum absolute atomic E-state index is 9.19. The van der Waals surface area contributed by atoms with Crippen LogP contribution >= 0.6 is 0 Å². The number of fused-ring (bicyclic) bond motifs is 1. The summed E-state index contributed by atoms with van der Waals surface area (Å²) in [5.41, 5.74) is 0.928. The number of hydrogen-bond donors (Lipinski definition) is 3. The van der Waals surface area contributed by atoms with Crippen molar-refractivity contribution in [3.63, 3.8) is 0 Å². The minimum absolute atomic E-state index is 0.216. The van der Waals surface area contributed by atoms with Gasteiger partial charge in [-0.15, -0.1) is 6.58 Å². The molecular weight excluding hydrogens is 276 g/mol. The molecule has 3 aromatic carbocycles. The van der Waals surface area contributed by atoms with E-state index in [1.54, 1.807) is 36.4 Å². The minimum Gasteiger partial charge on any atom is -0.508 e. The van der Waals surface area contributed by atoms with Crippen LogP contribution < -0.4 is 0 Å². The lowest BCUT2D eigenvalue weighted by molar-refractivity contribution is 0.469. The predicted octanol–water partition coefficient (Wildman–Crippen LogP) is 4.37. The van der Waals surface area contributed by atoms with Crippen LogP contribution in [0.4, 0.5) is 0 Å². The Morgan fingerprint density at radius 1 is 0.773 bits per heavy atom. The molecule has 3 N–H and O–H groups in total. The molecule has 3 heteroatoms. The first-order valence-electron chi connectivity index (χ1n) is 6.89. The standard InChI is InChI=1S/C10H8O2.C9H10O/c11-9-3-1-7-2-4-10(12)6-8(7)5-9;1-2-5-8-6-3-4-7-9(8)10/h1-6,11-12H;2-4,6-7,10H,1,5H2. The lowest BCUT2D eigenvalue weighted by Crippen LogP contribution is -1.79. The number of phenols is 3. The van der Waals surface area contributed by atoms with Crippen molar-refractivity contribution in [2.45, 2.75) is 6.42 Å². The summed E-state index contributed by atoms with van der Waals surface area (Å²) in [5, 5.41) is 29.3. The summed E-state index contributed by atoms with van der Waals surface area (Å²) >= 11 is 0. The van der Waals surface area contributed by atoms with Crippen LogP contribution in [0.25, 0.3) is 10.8 Å². The third-order valence-corrected chi connectivity index (χ3v) is 3.16. The fraction of sp³-hybridized carbons (Fsp3) is 0.0526. The number of rotatable bonds is 2. The van der Waals surface area contributed by atoms with E-state index in [-0.39, 0.29) is 11.5 Å². The number of aromatic hydroxyl groups is 3. The van der Waals surface area contributed by atoms with Crippen LogP contribution in [0, 0.1) is 0 Å². The molecule has 3 rings (SSSR count). The summed E-state index contributed by atoms with van der Waals surface area (Å²) in [5.74, 6) is 0.781. The SMILES string of the molecule is C=CCc1ccccc1O.Oc1ccc2ccc(O)cc2c1. The molecule has 0 amide bonds. The van der Waals surface area contributed by atoms with Crippen LogP contribution in [0.2, 0.25) is 0 Å². The van der Waals surface area contributed by atoms with Crippen LogP contribution in [0.3, 0.4) is 0 Å². The number of phenolic OH excluding ortho intramolecular Hbond substituents is 3. The fourth-order valence-electron chi connectivity index (χ4n) is 2.06. The minimum atomic E-state index is 0.216. The normalized spacial score (nSPS) is 9.82. The van der Waals surface area contributed by atoms with Crippen molar-refractivity contribution in [2.75, 3.05) is 0 Å². The molecule has 0 saturated carbocycles. The Balaban J connectivity index is 0.000000164. The van der Waals surface area contributed by atoms with Gasteiger partial charge in [0.15, 0.2) is 0 Å². The van der Waals surface area contributed by atoms with Gasteiger partial charge in [-0.25, -0.2) is 0 Å². The van der Waals surface area contributed by atoms with Gasteiger partial charge in [-0.05, 0) is 53.1 Å². The topological polar surface area (TPSA) is 60.7 Å². The molecule has 0 aliphatic rings. The van der Waals surface area contributed by atoms with E-state index in [0.29, 0.717) is 5.75 Å². The molecule has 0 saturated heterocycles. The second-order valence-corrected chi connectivity index (χ2v) is 4.84. The highest BCUT2D eigenvalue weighted by atomic mass is 16.3. The number of benzene rings is 3. The predicted molar refractivity (Wildman–Crippen MR) is 89.3 cm³/mol. The Morgan fingerprint density at radius 3 is 1.91 bits per heavy atom. The zero-order valence-electron chi connectivity index (χ0n) is 12.1. The highest BCUT2D eigenvalue weighted by Gasteiger charge is 1.95. The van der Waals surface area contributed by atoms with Gasteiger partial charge in [0.1, 0.15) is 17.2 Å². The molecule has 0 unspecified atom stereocenters. The second-order valence-electron chi connectivity index (χ2n) is 4.84. The van der Waals surface area contributed by atoms with E-state index in [9.17, 15) is 5.11 Å². The summed E-state index contributed by atoms with van der Waals surface area (Å²) in [7, 11) is 0. The van der Waals surface area contributed by atoms with Gasteiger partial charge in [-0.2, -0.15) is 0 Å². The van der Waals surface area contributed by atoms with Crippen LogP contribution in [0.15, 0.2) is 73.3 Å². The van der Waals surface area contributed by atoms with E-state index >= 15 is 0 Å². The largest absolute Gasteiger partial charge is 0.508 e. The highest BCUT2D eigenvalue weighted by molar-refractivity contribution is 5.85. The molecule has 3 aromatic rings. The van der Waals surface area contributed by atoms with Gasteiger partial charge in [-0.1, -0.05) is 36.4 Å². The van der Waals surface area contributed by atoms with Gasteiger partial charge in [0.2, 0.25) is 0 Å². The van der Waals surface area contributed by atoms with E-state index in [4.69, 9.17) is 10.2 Å². The average molecular weight is 294 g/mol. The molecule has 0 radical (unpaired) electrons. The molecule has 22 heavy (non-hydrogen) atoms. The van der Waals surface area contributed by atoms with E-state index in [1.165, 1.54) is 0 Å². The first kappa shape index (κ1) is 15.4. The van der Waals surface area contributed by atoms with E-state index in [2.05, 4.69) is 6.58 Å². The van der Waals surface area contributed by atoms with Crippen LogP contribution in [-0.4, -0.2) is 15.3 Å². The quantitative estimate of drug-likeness (QED) is 0.615. The van der Waals surface area contributed by atoms with Gasteiger partial charge in [0.05, 0.1) is 0 Å². The van der Waals surface area contributed by atoms with Crippen molar-refractivity contribution < 1.29 is 15.3 Å². The Hall–Kier alpha value is -2.94. The molecule has 0 aliphatic heterocycles.